The molecule has 1 aromatic carbocycles. The van der Waals surface area contributed by atoms with Crippen molar-refractivity contribution in [3.8, 4) is 5.75 Å². The molecule has 0 unspecified atom stereocenters. The van der Waals surface area contributed by atoms with Crippen LogP contribution in [-0.2, 0) is 16.6 Å². The Hall–Kier alpha value is -1.51. The summed E-state index contributed by atoms with van der Waals surface area (Å²) >= 11 is 0. The lowest BCUT2D eigenvalue weighted by Gasteiger charge is -2.15. The van der Waals surface area contributed by atoms with Gasteiger partial charge in [0, 0.05) is 11.0 Å². The number of fused-ring (bicyclic) bond motifs is 1. The molecule has 0 aliphatic carbocycles. The molecule has 0 bridgehead atoms. The molecule has 0 saturated carbocycles. The molecule has 80 valence electrons. The highest BCUT2D eigenvalue weighted by molar-refractivity contribution is 5.70. The van der Waals surface area contributed by atoms with Crippen LogP contribution in [0.3, 0.4) is 0 Å². The molecule has 0 aromatic heterocycles. The van der Waals surface area contributed by atoms with Gasteiger partial charge in [-0.3, -0.25) is 4.79 Å². The van der Waals surface area contributed by atoms with Gasteiger partial charge in [0.25, 0.3) is 0 Å². The van der Waals surface area contributed by atoms with Gasteiger partial charge < -0.3 is 9.84 Å². The first-order valence-electron chi connectivity index (χ1n) is 4.97. The van der Waals surface area contributed by atoms with Crippen molar-refractivity contribution in [2.75, 3.05) is 6.61 Å². The molecule has 0 amide bonds. The number of carboxylic acid groups (broad SMARTS) is 1. The standard InChI is InChI=1S/C12H14O3/c1-12(2)7-15-10-4-3-8(5-9(10)12)6-11(13)14/h3-5H,6-7H2,1-2H3,(H,13,14). The summed E-state index contributed by atoms with van der Waals surface area (Å²) in [5, 5.41) is 8.71. The number of hydrogen-bond acceptors (Lipinski definition) is 2. The van der Waals surface area contributed by atoms with Crippen molar-refractivity contribution in [3.05, 3.63) is 29.3 Å². The number of carbonyl (C=O) groups is 1. The number of carboxylic acids is 1. The van der Waals surface area contributed by atoms with Crippen LogP contribution in [0.15, 0.2) is 18.2 Å². The molecule has 0 fully saturated rings. The van der Waals surface area contributed by atoms with E-state index >= 15 is 0 Å². The van der Waals surface area contributed by atoms with Gasteiger partial charge >= 0.3 is 5.97 Å². The topological polar surface area (TPSA) is 46.5 Å². The largest absolute Gasteiger partial charge is 0.492 e. The van der Waals surface area contributed by atoms with Crippen LogP contribution in [0.1, 0.15) is 25.0 Å². The van der Waals surface area contributed by atoms with Gasteiger partial charge in [-0.2, -0.15) is 0 Å². The Morgan fingerprint density at radius 1 is 1.53 bits per heavy atom. The third-order valence-corrected chi connectivity index (χ3v) is 2.72. The minimum absolute atomic E-state index is 0.0101. The monoisotopic (exact) mass is 206 g/mol. The molecular weight excluding hydrogens is 192 g/mol. The van der Waals surface area contributed by atoms with Crippen LogP contribution in [-0.4, -0.2) is 17.7 Å². The zero-order valence-corrected chi connectivity index (χ0v) is 8.91. The predicted molar refractivity (Wildman–Crippen MR) is 56.3 cm³/mol. The normalized spacial score (nSPS) is 16.9. The van der Waals surface area contributed by atoms with Crippen LogP contribution in [0.4, 0.5) is 0 Å². The number of aliphatic carboxylic acids is 1. The molecule has 3 heteroatoms. The zero-order valence-electron chi connectivity index (χ0n) is 8.91. The Bertz CT molecular complexity index is 407. The average molecular weight is 206 g/mol. The van der Waals surface area contributed by atoms with E-state index in [-0.39, 0.29) is 11.8 Å². The van der Waals surface area contributed by atoms with E-state index in [1.807, 2.05) is 18.2 Å². The molecule has 1 heterocycles. The number of rotatable bonds is 2. The second-order valence-electron chi connectivity index (χ2n) is 4.57. The maximum atomic E-state index is 10.6. The lowest BCUT2D eigenvalue weighted by atomic mass is 9.86. The highest BCUT2D eigenvalue weighted by Crippen LogP contribution is 2.38. The van der Waals surface area contributed by atoms with Crippen LogP contribution in [0.2, 0.25) is 0 Å². The van der Waals surface area contributed by atoms with Crippen molar-refractivity contribution in [1.82, 2.24) is 0 Å². The van der Waals surface area contributed by atoms with E-state index in [4.69, 9.17) is 9.84 Å². The van der Waals surface area contributed by atoms with Crippen molar-refractivity contribution in [2.45, 2.75) is 25.7 Å². The van der Waals surface area contributed by atoms with Gasteiger partial charge in [0.2, 0.25) is 0 Å². The molecule has 3 nitrogen and oxygen atoms in total. The summed E-state index contributed by atoms with van der Waals surface area (Å²) in [7, 11) is 0. The Labute approximate surface area is 88.7 Å². The summed E-state index contributed by atoms with van der Waals surface area (Å²) in [5.74, 6) is 0.0841. The van der Waals surface area contributed by atoms with Gasteiger partial charge in [-0.05, 0) is 11.6 Å². The minimum atomic E-state index is -0.799. The van der Waals surface area contributed by atoms with Gasteiger partial charge in [-0.1, -0.05) is 26.0 Å². The Balaban J connectivity index is 2.37. The highest BCUT2D eigenvalue weighted by atomic mass is 16.5. The molecule has 2 rings (SSSR count). The Morgan fingerprint density at radius 3 is 2.93 bits per heavy atom. The Morgan fingerprint density at radius 2 is 2.27 bits per heavy atom. The molecule has 1 aliphatic heterocycles. The summed E-state index contributed by atoms with van der Waals surface area (Å²) in [4.78, 5) is 10.6. The van der Waals surface area contributed by atoms with E-state index in [2.05, 4.69) is 13.8 Å². The number of hydrogen-bond donors (Lipinski definition) is 1. The fourth-order valence-corrected chi connectivity index (χ4v) is 1.85. The molecule has 1 N–H and O–H groups in total. The molecule has 0 radical (unpaired) electrons. The lowest BCUT2D eigenvalue weighted by Crippen LogP contribution is -2.18. The van der Waals surface area contributed by atoms with Crippen molar-refractivity contribution in [3.63, 3.8) is 0 Å². The Kier molecular flexibility index (Phi) is 2.18. The van der Waals surface area contributed by atoms with Gasteiger partial charge in [-0.15, -0.1) is 0 Å². The van der Waals surface area contributed by atoms with E-state index in [1.165, 1.54) is 0 Å². The first-order valence-corrected chi connectivity index (χ1v) is 4.97. The summed E-state index contributed by atoms with van der Waals surface area (Å²) in [6, 6.07) is 5.62. The molecular formula is C12H14O3. The van der Waals surface area contributed by atoms with Crippen LogP contribution < -0.4 is 4.74 Å². The third-order valence-electron chi connectivity index (χ3n) is 2.72. The smallest absolute Gasteiger partial charge is 0.307 e. The third kappa shape index (κ3) is 1.82. The van der Waals surface area contributed by atoms with Gasteiger partial charge in [-0.25, -0.2) is 0 Å². The SMILES string of the molecule is CC1(C)COc2ccc(CC(=O)O)cc21. The van der Waals surface area contributed by atoms with Crippen molar-refractivity contribution in [2.24, 2.45) is 0 Å². The summed E-state index contributed by atoms with van der Waals surface area (Å²) < 4.78 is 5.53. The predicted octanol–water partition coefficient (Wildman–Crippen LogP) is 1.98. The average Bonchev–Trinajstić information content (AvgIpc) is 2.42. The van der Waals surface area contributed by atoms with Gasteiger partial charge in [0.05, 0.1) is 13.0 Å². The lowest BCUT2D eigenvalue weighted by molar-refractivity contribution is -0.136. The summed E-state index contributed by atoms with van der Waals surface area (Å²) in [6.07, 6.45) is 0.0728. The van der Waals surface area contributed by atoms with Crippen LogP contribution in [0.25, 0.3) is 0 Å². The van der Waals surface area contributed by atoms with Crippen molar-refractivity contribution in [1.29, 1.82) is 0 Å². The maximum absolute atomic E-state index is 10.6. The molecule has 0 atom stereocenters. The van der Waals surface area contributed by atoms with Crippen LogP contribution in [0.5, 0.6) is 5.75 Å². The second kappa shape index (κ2) is 3.26. The highest BCUT2D eigenvalue weighted by Gasteiger charge is 2.31. The van der Waals surface area contributed by atoms with Crippen molar-refractivity contribution < 1.29 is 14.6 Å². The van der Waals surface area contributed by atoms with Crippen LogP contribution >= 0.6 is 0 Å². The van der Waals surface area contributed by atoms with Crippen LogP contribution in [0, 0.1) is 0 Å². The summed E-state index contributed by atoms with van der Waals surface area (Å²) in [5.41, 5.74) is 1.94. The van der Waals surface area contributed by atoms with E-state index in [0.29, 0.717) is 6.61 Å². The minimum Gasteiger partial charge on any atom is -0.492 e. The zero-order chi connectivity index (χ0) is 11.1. The van der Waals surface area contributed by atoms with Gasteiger partial charge in [0.15, 0.2) is 0 Å². The van der Waals surface area contributed by atoms with E-state index < -0.39 is 5.97 Å². The van der Waals surface area contributed by atoms with E-state index in [1.54, 1.807) is 0 Å². The summed E-state index contributed by atoms with van der Waals surface area (Å²) in [6.45, 7) is 4.87. The number of ether oxygens (including phenoxy) is 1. The fourth-order valence-electron chi connectivity index (χ4n) is 1.85. The van der Waals surface area contributed by atoms with E-state index in [0.717, 1.165) is 16.9 Å². The molecule has 0 spiro atoms. The molecule has 15 heavy (non-hydrogen) atoms. The van der Waals surface area contributed by atoms with Gasteiger partial charge in [0.1, 0.15) is 5.75 Å². The fraction of sp³-hybridized carbons (Fsp3) is 0.417. The maximum Gasteiger partial charge on any atom is 0.307 e. The first kappa shape index (κ1) is 10.0. The molecule has 0 saturated heterocycles. The number of benzene rings is 1. The first-order chi connectivity index (χ1) is 6.99. The molecule has 1 aliphatic rings. The second-order valence-corrected chi connectivity index (χ2v) is 4.57. The van der Waals surface area contributed by atoms with E-state index in [9.17, 15) is 4.79 Å². The van der Waals surface area contributed by atoms with Crippen molar-refractivity contribution >= 4 is 5.97 Å². The molecule has 1 aromatic rings. The quantitative estimate of drug-likeness (QED) is 0.804.